The molecule has 0 aliphatic heterocycles. The van der Waals surface area contributed by atoms with E-state index in [1.807, 2.05) is 36.4 Å². The molecule has 3 aromatic rings. The van der Waals surface area contributed by atoms with Crippen molar-refractivity contribution in [1.29, 1.82) is 0 Å². The van der Waals surface area contributed by atoms with Crippen LogP contribution in [0.2, 0.25) is 0 Å². The van der Waals surface area contributed by atoms with Crippen molar-refractivity contribution >= 4 is 16.8 Å². The first-order chi connectivity index (χ1) is 15.9. The lowest BCUT2D eigenvalue weighted by molar-refractivity contribution is 0.0916. The van der Waals surface area contributed by atoms with Crippen LogP contribution < -0.4 is 14.8 Å². The Bertz CT molecular complexity index is 1130. The number of methoxy groups -OCH3 is 2. The van der Waals surface area contributed by atoms with Crippen molar-refractivity contribution in [2.45, 2.75) is 51.1 Å². The van der Waals surface area contributed by atoms with Crippen LogP contribution in [0.5, 0.6) is 11.5 Å². The highest BCUT2D eigenvalue weighted by Crippen LogP contribution is 2.36. The van der Waals surface area contributed by atoms with E-state index in [0.29, 0.717) is 23.1 Å². The number of H-pyrrole nitrogens is 1. The fourth-order valence-electron chi connectivity index (χ4n) is 5.00. The third kappa shape index (κ3) is 4.71. The molecule has 0 unspecified atom stereocenters. The lowest BCUT2D eigenvalue weighted by atomic mass is 9.90. The standard InChI is InChI=1S/C27H35N3O3/c1-6-21-22-15-18(27(31)28-19-9-11-20(12-10-19)30(2)3)7-13-23(22)29-26(21)17-8-14-24(32-4)25(16-17)33-5/h7-8,13-16,19-20,29H,6,9-12H2,1-5H3,(H,28,31). The minimum atomic E-state index is 0.0149. The van der Waals surface area contributed by atoms with Gasteiger partial charge >= 0.3 is 0 Å². The summed E-state index contributed by atoms with van der Waals surface area (Å²) in [4.78, 5) is 18.9. The van der Waals surface area contributed by atoms with E-state index < -0.39 is 0 Å². The van der Waals surface area contributed by atoms with E-state index in [0.717, 1.165) is 54.3 Å². The number of benzene rings is 2. The topological polar surface area (TPSA) is 66.6 Å². The van der Waals surface area contributed by atoms with Crippen molar-refractivity contribution in [2.75, 3.05) is 28.3 Å². The molecule has 1 aliphatic rings. The summed E-state index contributed by atoms with van der Waals surface area (Å²) in [7, 11) is 7.55. The Labute approximate surface area is 196 Å². The third-order valence-electron chi connectivity index (χ3n) is 6.96. The predicted octanol–water partition coefficient (Wildman–Crippen LogP) is 5.02. The highest BCUT2D eigenvalue weighted by atomic mass is 16.5. The van der Waals surface area contributed by atoms with Crippen LogP contribution >= 0.6 is 0 Å². The molecule has 0 saturated heterocycles. The van der Waals surface area contributed by atoms with E-state index in [2.05, 4.69) is 36.2 Å². The van der Waals surface area contributed by atoms with Gasteiger partial charge in [-0.2, -0.15) is 0 Å². The Kier molecular flexibility index (Phi) is 6.94. The van der Waals surface area contributed by atoms with Crippen molar-refractivity contribution in [2.24, 2.45) is 0 Å². The van der Waals surface area contributed by atoms with Crippen LogP contribution in [0.3, 0.4) is 0 Å². The van der Waals surface area contributed by atoms with Gasteiger partial charge in [-0.15, -0.1) is 0 Å². The molecule has 0 radical (unpaired) electrons. The molecule has 176 valence electrons. The number of aryl methyl sites for hydroxylation is 1. The number of hydrogen-bond acceptors (Lipinski definition) is 4. The molecule has 33 heavy (non-hydrogen) atoms. The van der Waals surface area contributed by atoms with Crippen molar-refractivity contribution in [1.82, 2.24) is 15.2 Å². The molecule has 0 spiro atoms. The summed E-state index contributed by atoms with van der Waals surface area (Å²) in [6, 6.07) is 12.8. The molecule has 2 N–H and O–H groups in total. The molecule has 1 heterocycles. The highest BCUT2D eigenvalue weighted by Gasteiger charge is 2.24. The van der Waals surface area contributed by atoms with Gasteiger partial charge in [0.2, 0.25) is 0 Å². The quantitative estimate of drug-likeness (QED) is 0.532. The van der Waals surface area contributed by atoms with Crippen molar-refractivity contribution in [3.8, 4) is 22.8 Å². The molecule has 2 aromatic carbocycles. The first-order valence-corrected chi connectivity index (χ1v) is 11.8. The number of aromatic nitrogens is 1. The van der Waals surface area contributed by atoms with Crippen LogP contribution in [0.15, 0.2) is 36.4 Å². The summed E-state index contributed by atoms with van der Waals surface area (Å²) in [6.07, 6.45) is 5.17. The number of nitrogens with zero attached hydrogens (tertiary/aromatic N) is 1. The van der Waals surface area contributed by atoms with Gasteiger partial charge in [-0.1, -0.05) is 6.92 Å². The summed E-state index contributed by atoms with van der Waals surface area (Å²) in [5, 5.41) is 4.35. The molecule has 1 amide bonds. The SMILES string of the molecule is CCc1c(-c2ccc(OC)c(OC)c2)[nH]c2ccc(C(=O)NC3CCC(N(C)C)CC3)cc12. The number of carbonyl (C=O) groups is 1. The van der Waals surface area contributed by atoms with Gasteiger partial charge in [0.1, 0.15) is 0 Å². The number of carbonyl (C=O) groups excluding carboxylic acids is 1. The summed E-state index contributed by atoms with van der Waals surface area (Å²) in [5.74, 6) is 1.41. The zero-order valence-corrected chi connectivity index (χ0v) is 20.3. The van der Waals surface area contributed by atoms with Gasteiger partial charge in [0, 0.05) is 39.8 Å². The second-order valence-electron chi connectivity index (χ2n) is 9.10. The van der Waals surface area contributed by atoms with Crippen LogP contribution in [0.4, 0.5) is 0 Å². The number of hydrogen-bond donors (Lipinski definition) is 2. The van der Waals surface area contributed by atoms with Crippen LogP contribution in [0.25, 0.3) is 22.2 Å². The normalized spacial score (nSPS) is 18.5. The van der Waals surface area contributed by atoms with Gasteiger partial charge in [-0.05, 0) is 88.2 Å². The Hall–Kier alpha value is -2.99. The molecule has 1 saturated carbocycles. The second kappa shape index (κ2) is 9.87. The van der Waals surface area contributed by atoms with Gasteiger partial charge < -0.3 is 24.7 Å². The molecule has 6 heteroatoms. The van der Waals surface area contributed by atoms with Gasteiger partial charge in [-0.3, -0.25) is 4.79 Å². The average molecular weight is 450 g/mol. The van der Waals surface area contributed by atoms with Crippen molar-refractivity contribution in [3.63, 3.8) is 0 Å². The monoisotopic (exact) mass is 449 g/mol. The van der Waals surface area contributed by atoms with Crippen molar-refractivity contribution < 1.29 is 14.3 Å². The molecular weight excluding hydrogens is 414 g/mol. The number of rotatable bonds is 7. The molecule has 4 rings (SSSR count). The molecule has 6 nitrogen and oxygen atoms in total. The average Bonchev–Trinajstić information content (AvgIpc) is 3.21. The van der Waals surface area contributed by atoms with Crippen LogP contribution in [0.1, 0.15) is 48.5 Å². The maximum atomic E-state index is 13.0. The molecule has 0 atom stereocenters. The van der Waals surface area contributed by atoms with E-state index in [4.69, 9.17) is 9.47 Å². The molecule has 1 fully saturated rings. The molecule has 0 bridgehead atoms. The smallest absolute Gasteiger partial charge is 0.251 e. The van der Waals surface area contributed by atoms with Gasteiger partial charge in [0.05, 0.1) is 14.2 Å². The lowest BCUT2D eigenvalue weighted by Gasteiger charge is -2.33. The van der Waals surface area contributed by atoms with E-state index in [1.54, 1.807) is 14.2 Å². The Morgan fingerprint density at radius 2 is 1.76 bits per heavy atom. The summed E-state index contributed by atoms with van der Waals surface area (Å²) in [5.41, 5.74) is 5.01. The Morgan fingerprint density at radius 3 is 2.39 bits per heavy atom. The van der Waals surface area contributed by atoms with E-state index >= 15 is 0 Å². The number of fused-ring (bicyclic) bond motifs is 1. The number of nitrogens with one attached hydrogen (secondary N) is 2. The van der Waals surface area contributed by atoms with Gasteiger partial charge in [0.15, 0.2) is 11.5 Å². The van der Waals surface area contributed by atoms with E-state index in [-0.39, 0.29) is 11.9 Å². The first-order valence-electron chi connectivity index (χ1n) is 11.8. The van der Waals surface area contributed by atoms with Crippen LogP contribution in [0, 0.1) is 0 Å². The van der Waals surface area contributed by atoms with E-state index in [9.17, 15) is 4.79 Å². The maximum absolute atomic E-state index is 13.0. The summed E-state index contributed by atoms with van der Waals surface area (Å²) >= 11 is 0. The third-order valence-corrected chi connectivity index (χ3v) is 6.96. The Balaban J connectivity index is 1.59. The van der Waals surface area contributed by atoms with Gasteiger partial charge in [0.25, 0.3) is 5.91 Å². The van der Waals surface area contributed by atoms with E-state index in [1.165, 1.54) is 5.56 Å². The maximum Gasteiger partial charge on any atom is 0.251 e. The number of aromatic amines is 1. The second-order valence-corrected chi connectivity index (χ2v) is 9.10. The molecule has 1 aliphatic carbocycles. The fourth-order valence-corrected chi connectivity index (χ4v) is 5.00. The predicted molar refractivity (Wildman–Crippen MR) is 133 cm³/mol. The lowest BCUT2D eigenvalue weighted by Crippen LogP contribution is -2.41. The summed E-state index contributed by atoms with van der Waals surface area (Å²) < 4.78 is 10.9. The minimum absolute atomic E-state index is 0.0149. The van der Waals surface area contributed by atoms with Crippen LogP contribution in [-0.4, -0.2) is 56.2 Å². The van der Waals surface area contributed by atoms with Crippen molar-refractivity contribution in [3.05, 3.63) is 47.5 Å². The summed E-state index contributed by atoms with van der Waals surface area (Å²) in [6.45, 7) is 2.14. The van der Waals surface area contributed by atoms with Crippen LogP contribution in [-0.2, 0) is 6.42 Å². The zero-order chi connectivity index (χ0) is 23.5. The number of ether oxygens (including phenoxy) is 2. The highest BCUT2D eigenvalue weighted by molar-refractivity contribution is 6.00. The minimum Gasteiger partial charge on any atom is -0.493 e. The zero-order valence-electron chi connectivity index (χ0n) is 20.3. The first kappa shape index (κ1) is 23.2. The Morgan fingerprint density at radius 1 is 1.03 bits per heavy atom. The largest absolute Gasteiger partial charge is 0.493 e. The number of amides is 1. The molecular formula is C27H35N3O3. The molecule has 1 aromatic heterocycles. The fraction of sp³-hybridized carbons (Fsp3) is 0.444. The van der Waals surface area contributed by atoms with Gasteiger partial charge in [-0.25, -0.2) is 0 Å².